The number of benzene rings is 2. The summed E-state index contributed by atoms with van der Waals surface area (Å²) in [7, 11) is 0. The van der Waals surface area contributed by atoms with Crippen molar-refractivity contribution < 1.29 is 19.1 Å². The van der Waals surface area contributed by atoms with Gasteiger partial charge in [0.25, 0.3) is 0 Å². The second-order valence-electron chi connectivity index (χ2n) is 6.31. The molecular weight excluding hydrogens is 368 g/mol. The van der Waals surface area contributed by atoms with Gasteiger partial charge in [-0.1, -0.05) is 23.7 Å². The largest absolute Gasteiger partial charge is 0.462 e. The third kappa shape index (κ3) is 5.08. The zero-order valence-electron chi connectivity index (χ0n) is 15.3. The highest BCUT2D eigenvalue weighted by Gasteiger charge is 2.36. The Morgan fingerprint density at radius 1 is 0.963 bits per heavy atom. The van der Waals surface area contributed by atoms with Crippen LogP contribution in [0.5, 0.6) is 0 Å². The summed E-state index contributed by atoms with van der Waals surface area (Å²) in [6, 6.07) is 13.0. The molecule has 0 heterocycles. The topological polar surface area (TPSA) is 84.5 Å². The second kappa shape index (κ2) is 8.68. The lowest BCUT2D eigenvalue weighted by Crippen LogP contribution is -2.41. The van der Waals surface area contributed by atoms with Crippen molar-refractivity contribution in [3.05, 3.63) is 59.1 Å². The van der Waals surface area contributed by atoms with E-state index in [1.165, 1.54) is 13.8 Å². The van der Waals surface area contributed by atoms with E-state index in [1.54, 1.807) is 55.5 Å². The molecule has 2 aromatic rings. The van der Waals surface area contributed by atoms with Gasteiger partial charge in [-0.2, -0.15) is 0 Å². The number of rotatable bonds is 6. The lowest BCUT2D eigenvalue weighted by molar-refractivity contribution is -0.135. The van der Waals surface area contributed by atoms with Gasteiger partial charge in [0.05, 0.1) is 17.9 Å². The Bertz CT molecular complexity index is 847. The average molecular weight is 389 g/mol. The van der Waals surface area contributed by atoms with Gasteiger partial charge in [0.15, 0.2) is 0 Å². The first-order chi connectivity index (χ1) is 12.8. The Hall–Kier alpha value is -2.86. The molecule has 0 unspecified atom stereocenters. The molecule has 0 atom stereocenters. The van der Waals surface area contributed by atoms with E-state index in [4.69, 9.17) is 16.3 Å². The van der Waals surface area contributed by atoms with E-state index >= 15 is 0 Å². The number of hydrogen-bond donors (Lipinski definition) is 2. The van der Waals surface area contributed by atoms with Gasteiger partial charge in [0, 0.05) is 10.7 Å². The Morgan fingerprint density at radius 3 is 2.19 bits per heavy atom. The van der Waals surface area contributed by atoms with E-state index in [-0.39, 0.29) is 17.9 Å². The number of para-hydroxylation sites is 1. The predicted octanol–water partition coefficient (Wildman–Crippen LogP) is 4.12. The SMILES string of the molecule is CCOC(=O)c1ccccc1NC(=O)C(C)(C)C(=O)Nc1ccc(Cl)cc1. The molecule has 27 heavy (non-hydrogen) atoms. The van der Waals surface area contributed by atoms with E-state index in [0.717, 1.165) is 0 Å². The van der Waals surface area contributed by atoms with Crippen molar-refractivity contribution in [1.82, 2.24) is 0 Å². The van der Waals surface area contributed by atoms with Crippen LogP contribution in [0.4, 0.5) is 11.4 Å². The summed E-state index contributed by atoms with van der Waals surface area (Å²) < 4.78 is 4.99. The molecule has 7 heteroatoms. The summed E-state index contributed by atoms with van der Waals surface area (Å²) in [6.45, 7) is 4.92. The number of halogens is 1. The Labute approximate surface area is 162 Å². The summed E-state index contributed by atoms with van der Waals surface area (Å²) in [5.41, 5.74) is -0.353. The van der Waals surface area contributed by atoms with Crippen LogP contribution in [0.3, 0.4) is 0 Å². The van der Waals surface area contributed by atoms with Gasteiger partial charge in [0.1, 0.15) is 5.41 Å². The van der Waals surface area contributed by atoms with Crippen LogP contribution in [0.1, 0.15) is 31.1 Å². The zero-order valence-corrected chi connectivity index (χ0v) is 16.1. The summed E-state index contributed by atoms with van der Waals surface area (Å²) in [5.74, 6) is -1.58. The van der Waals surface area contributed by atoms with Crippen molar-refractivity contribution >= 4 is 40.8 Å². The molecule has 0 aliphatic rings. The summed E-state index contributed by atoms with van der Waals surface area (Å²) >= 11 is 5.83. The van der Waals surface area contributed by atoms with Gasteiger partial charge >= 0.3 is 5.97 Å². The van der Waals surface area contributed by atoms with Crippen molar-refractivity contribution in [2.75, 3.05) is 17.2 Å². The first-order valence-corrected chi connectivity index (χ1v) is 8.78. The number of ether oxygens (including phenoxy) is 1. The second-order valence-corrected chi connectivity index (χ2v) is 6.74. The molecule has 0 aliphatic heterocycles. The fourth-order valence-electron chi connectivity index (χ4n) is 2.18. The predicted molar refractivity (Wildman–Crippen MR) is 105 cm³/mol. The minimum Gasteiger partial charge on any atom is -0.462 e. The van der Waals surface area contributed by atoms with Crippen LogP contribution < -0.4 is 10.6 Å². The Morgan fingerprint density at radius 2 is 1.56 bits per heavy atom. The monoisotopic (exact) mass is 388 g/mol. The molecule has 2 amide bonds. The molecular formula is C20H21ClN2O4. The molecule has 142 valence electrons. The van der Waals surface area contributed by atoms with Crippen LogP contribution in [-0.4, -0.2) is 24.4 Å². The van der Waals surface area contributed by atoms with Crippen LogP contribution in [0.15, 0.2) is 48.5 Å². The number of anilines is 2. The maximum Gasteiger partial charge on any atom is 0.340 e. The maximum absolute atomic E-state index is 12.7. The quantitative estimate of drug-likeness (QED) is 0.575. The molecule has 0 saturated carbocycles. The first kappa shape index (κ1) is 20.5. The Kier molecular flexibility index (Phi) is 6.58. The van der Waals surface area contributed by atoms with Gasteiger partial charge in [0.2, 0.25) is 11.8 Å². The van der Waals surface area contributed by atoms with Crippen molar-refractivity contribution in [3.63, 3.8) is 0 Å². The molecule has 2 aromatic carbocycles. The van der Waals surface area contributed by atoms with E-state index < -0.39 is 23.2 Å². The summed E-state index contributed by atoms with van der Waals surface area (Å²) in [5, 5.41) is 5.87. The molecule has 6 nitrogen and oxygen atoms in total. The van der Waals surface area contributed by atoms with E-state index in [1.807, 2.05) is 0 Å². The number of carbonyl (C=O) groups excluding carboxylic acids is 3. The van der Waals surface area contributed by atoms with Crippen molar-refractivity contribution in [2.24, 2.45) is 5.41 Å². The summed E-state index contributed by atoms with van der Waals surface area (Å²) in [6.07, 6.45) is 0. The standard InChI is InChI=1S/C20H21ClN2O4/c1-4-27-17(24)15-7-5-6-8-16(15)23-19(26)20(2,3)18(25)22-14-11-9-13(21)10-12-14/h5-12H,4H2,1-3H3,(H,22,25)(H,23,26). The average Bonchev–Trinajstić information content (AvgIpc) is 2.64. The fourth-order valence-corrected chi connectivity index (χ4v) is 2.31. The van der Waals surface area contributed by atoms with Crippen LogP contribution in [0, 0.1) is 5.41 Å². The highest BCUT2D eigenvalue weighted by atomic mass is 35.5. The van der Waals surface area contributed by atoms with Crippen molar-refractivity contribution in [2.45, 2.75) is 20.8 Å². The molecule has 0 bridgehead atoms. The minimum atomic E-state index is -1.39. The van der Waals surface area contributed by atoms with Crippen LogP contribution in [0.2, 0.25) is 5.02 Å². The lowest BCUT2D eigenvalue weighted by atomic mass is 9.90. The molecule has 0 saturated heterocycles. The smallest absolute Gasteiger partial charge is 0.340 e. The molecule has 0 spiro atoms. The number of esters is 1. The maximum atomic E-state index is 12.7. The number of amides is 2. The van der Waals surface area contributed by atoms with Crippen LogP contribution >= 0.6 is 11.6 Å². The zero-order chi connectivity index (χ0) is 20.0. The molecule has 0 fully saturated rings. The highest BCUT2D eigenvalue weighted by Crippen LogP contribution is 2.24. The number of hydrogen-bond acceptors (Lipinski definition) is 4. The summed E-state index contributed by atoms with van der Waals surface area (Å²) in [4.78, 5) is 37.3. The third-order valence-electron chi connectivity index (χ3n) is 3.91. The van der Waals surface area contributed by atoms with Crippen molar-refractivity contribution in [1.29, 1.82) is 0 Å². The van der Waals surface area contributed by atoms with Crippen LogP contribution in [0.25, 0.3) is 0 Å². The van der Waals surface area contributed by atoms with Gasteiger partial charge < -0.3 is 15.4 Å². The molecule has 2 rings (SSSR count). The normalized spacial score (nSPS) is 10.8. The molecule has 0 radical (unpaired) electrons. The fraction of sp³-hybridized carbons (Fsp3) is 0.250. The third-order valence-corrected chi connectivity index (χ3v) is 4.16. The van der Waals surface area contributed by atoms with E-state index in [9.17, 15) is 14.4 Å². The van der Waals surface area contributed by atoms with Crippen molar-refractivity contribution in [3.8, 4) is 0 Å². The van der Waals surface area contributed by atoms with Gasteiger partial charge in [-0.15, -0.1) is 0 Å². The van der Waals surface area contributed by atoms with Gasteiger partial charge in [-0.25, -0.2) is 4.79 Å². The lowest BCUT2D eigenvalue weighted by Gasteiger charge is -2.23. The molecule has 0 aliphatic carbocycles. The van der Waals surface area contributed by atoms with E-state index in [0.29, 0.717) is 10.7 Å². The Balaban J connectivity index is 2.15. The van der Waals surface area contributed by atoms with Gasteiger partial charge in [-0.3, -0.25) is 9.59 Å². The number of carbonyl (C=O) groups is 3. The van der Waals surface area contributed by atoms with Gasteiger partial charge in [-0.05, 0) is 57.2 Å². The highest BCUT2D eigenvalue weighted by molar-refractivity contribution is 6.30. The first-order valence-electron chi connectivity index (χ1n) is 8.40. The van der Waals surface area contributed by atoms with Crippen LogP contribution in [-0.2, 0) is 14.3 Å². The van der Waals surface area contributed by atoms with E-state index in [2.05, 4.69) is 10.6 Å². The minimum absolute atomic E-state index is 0.218. The molecule has 0 aromatic heterocycles. The molecule has 2 N–H and O–H groups in total. The number of nitrogens with one attached hydrogen (secondary N) is 2.